The first-order valence-electron chi connectivity index (χ1n) is 10.5. The van der Waals surface area contributed by atoms with Gasteiger partial charge in [-0.3, -0.25) is 4.98 Å². The number of thiazole rings is 1. The molecule has 33 heavy (non-hydrogen) atoms. The van der Waals surface area contributed by atoms with Gasteiger partial charge in [0.1, 0.15) is 5.82 Å². The number of aliphatic carboxylic acids is 1. The zero-order valence-corrected chi connectivity index (χ0v) is 19.8. The fraction of sp³-hybridized carbons (Fsp3) is 0.318. The van der Waals surface area contributed by atoms with Gasteiger partial charge in [-0.1, -0.05) is 6.07 Å². The van der Waals surface area contributed by atoms with Gasteiger partial charge >= 0.3 is 5.97 Å². The maximum Gasteiger partial charge on any atom is 0.338 e. The van der Waals surface area contributed by atoms with Crippen molar-refractivity contribution in [2.75, 3.05) is 5.73 Å². The van der Waals surface area contributed by atoms with Crippen LogP contribution in [0, 0.1) is 5.92 Å². The summed E-state index contributed by atoms with van der Waals surface area (Å²) in [5, 5.41) is 15.3. The lowest BCUT2D eigenvalue weighted by Crippen LogP contribution is -2.28. The van der Waals surface area contributed by atoms with E-state index in [0.717, 1.165) is 28.2 Å². The highest BCUT2D eigenvalue weighted by molar-refractivity contribution is 9.10. The van der Waals surface area contributed by atoms with E-state index in [1.807, 2.05) is 17.5 Å². The summed E-state index contributed by atoms with van der Waals surface area (Å²) in [6, 6.07) is 3.87. The Kier molecular flexibility index (Phi) is 5.83. The molecule has 1 unspecified atom stereocenters. The molecule has 8 nitrogen and oxygen atoms in total. The van der Waals surface area contributed by atoms with Gasteiger partial charge in [0.05, 0.1) is 33.3 Å². The van der Waals surface area contributed by atoms with Crippen LogP contribution in [0.2, 0.25) is 0 Å². The number of carbonyl (C=O) groups is 1. The van der Waals surface area contributed by atoms with Crippen molar-refractivity contribution >= 4 is 44.7 Å². The van der Waals surface area contributed by atoms with Gasteiger partial charge in [-0.2, -0.15) is 9.61 Å². The number of carboxylic acids is 1. The minimum Gasteiger partial charge on any atom is -0.479 e. The molecule has 3 N–H and O–H groups in total. The molecule has 0 amide bonds. The van der Waals surface area contributed by atoms with Gasteiger partial charge in [-0.25, -0.2) is 19.2 Å². The summed E-state index contributed by atoms with van der Waals surface area (Å²) in [5.41, 5.74) is 12.8. The van der Waals surface area contributed by atoms with Crippen molar-refractivity contribution in [3.8, 4) is 22.5 Å². The molecule has 0 spiro atoms. The number of halogens is 2. The molecule has 11 heteroatoms. The van der Waals surface area contributed by atoms with E-state index < -0.39 is 18.1 Å². The number of alkyl halides is 1. The van der Waals surface area contributed by atoms with Crippen molar-refractivity contribution in [3.05, 3.63) is 45.6 Å². The van der Waals surface area contributed by atoms with Crippen LogP contribution in [-0.4, -0.2) is 41.8 Å². The number of carboxylic acid groups (broad SMARTS) is 1. The highest BCUT2D eigenvalue weighted by Crippen LogP contribution is 2.41. The smallest absolute Gasteiger partial charge is 0.338 e. The van der Waals surface area contributed by atoms with Crippen LogP contribution < -0.4 is 5.73 Å². The van der Waals surface area contributed by atoms with Crippen LogP contribution in [0.25, 0.3) is 28.2 Å². The Balaban J connectivity index is 1.47. The van der Waals surface area contributed by atoms with Gasteiger partial charge < -0.3 is 10.8 Å². The van der Waals surface area contributed by atoms with Crippen molar-refractivity contribution in [3.63, 3.8) is 0 Å². The van der Waals surface area contributed by atoms with Crippen molar-refractivity contribution in [2.45, 2.75) is 37.8 Å². The zero-order valence-electron chi connectivity index (χ0n) is 17.4. The Labute approximate surface area is 200 Å². The minimum absolute atomic E-state index is 0.0526. The van der Waals surface area contributed by atoms with Crippen molar-refractivity contribution in [2.24, 2.45) is 5.92 Å². The number of hydrogen-bond acceptors (Lipinski definition) is 7. The fourth-order valence-corrected chi connectivity index (χ4v) is 5.54. The second kappa shape index (κ2) is 8.79. The second-order valence-corrected chi connectivity index (χ2v) is 9.66. The van der Waals surface area contributed by atoms with E-state index in [1.165, 1.54) is 11.3 Å². The van der Waals surface area contributed by atoms with E-state index in [0.29, 0.717) is 41.6 Å². The molecule has 1 fully saturated rings. The first kappa shape index (κ1) is 21.9. The quantitative estimate of drug-likeness (QED) is 0.374. The zero-order chi connectivity index (χ0) is 23.1. The summed E-state index contributed by atoms with van der Waals surface area (Å²) >= 11 is 5.08. The van der Waals surface area contributed by atoms with Gasteiger partial charge in [-0.05, 0) is 47.7 Å². The first-order valence-corrected chi connectivity index (χ1v) is 12.2. The van der Waals surface area contributed by atoms with Crippen molar-refractivity contribution in [1.29, 1.82) is 0 Å². The van der Waals surface area contributed by atoms with Gasteiger partial charge in [-0.15, -0.1) is 11.3 Å². The number of hydrogen-bond donors (Lipinski definition) is 2. The molecule has 0 aromatic carbocycles. The second-order valence-electron chi connectivity index (χ2n) is 8.15. The summed E-state index contributed by atoms with van der Waals surface area (Å²) in [7, 11) is 0. The molecule has 4 heterocycles. The SMILES string of the molecule is Nc1c(Br)c([C@H]2CC[C@@H](C(F)C(=O)O)CC2)nc2c(-c3ccc(-c4cscn4)nc3)cnn12. The molecule has 1 aliphatic carbocycles. The number of fused-ring (bicyclic) bond motifs is 1. The van der Waals surface area contributed by atoms with Crippen LogP contribution in [0.5, 0.6) is 0 Å². The molecule has 5 rings (SSSR count). The molecule has 0 saturated heterocycles. The van der Waals surface area contributed by atoms with E-state index in [-0.39, 0.29) is 5.92 Å². The number of anilines is 1. The summed E-state index contributed by atoms with van der Waals surface area (Å²) in [4.78, 5) is 24.7. The van der Waals surface area contributed by atoms with E-state index in [1.54, 1.807) is 22.4 Å². The van der Waals surface area contributed by atoms with Crippen molar-refractivity contribution < 1.29 is 14.3 Å². The molecule has 4 aromatic heterocycles. The van der Waals surface area contributed by atoms with E-state index in [4.69, 9.17) is 15.8 Å². The molecule has 4 aromatic rings. The van der Waals surface area contributed by atoms with Gasteiger partial charge in [0.25, 0.3) is 0 Å². The maximum atomic E-state index is 13.9. The molecule has 1 saturated carbocycles. The summed E-state index contributed by atoms with van der Waals surface area (Å²) in [5.74, 6) is -1.37. The number of nitrogens with two attached hydrogens (primary N) is 1. The topological polar surface area (TPSA) is 119 Å². The summed E-state index contributed by atoms with van der Waals surface area (Å²) in [6.07, 6.45) is 3.93. The highest BCUT2D eigenvalue weighted by Gasteiger charge is 2.34. The minimum atomic E-state index is -1.82. The lowest BCUT2D eigenvalue weighted by atomic mass is 9.78. The molecule has 1 atom stereocenters. The van der Waals surface area contributed by atoms with E-state index in [2.05, 4.69) is 31.0 Å². The van der Waals surface area contributed by atoms with Crippen LogP contribution in [-0.2, 0) is 4.79 Å². The van der Waals surface area contributed by atoms with Crippen LogP contribution >= 0.6 is 27.3 Å². The molecule has 0 bridgehead atoms. The highest BCUT2D eigenvalue weighted by atomic mass is 79.9. The predicted octanol–water partition coefficient (Wildman–Crippen LogP) is 4.96. The maximum absolute atomic E-state index is 13.9. The molecule has 1 aliphatic rings. The largest absolute Gasteiger partial charge is 0.479 e. The first-order chi connectivity index (χ1) is 15.9. The lowest BCUT2D eigenvalue weighted by Gasteiger charge is -2.29. The third-order valence-corrected chi connectivity index (χ3v) is 7.62. The third kappa shape index (κ3) is 3.99. The monoisotopic (exact) mass is 530 g/mol. The molecule has 0 radical (unpaired) electrons. The van der Waals surface area contributed by atoms with Crippen LogP contribution in [0.15, 0.2) is 39.9 Å². The Hall–Kier alpha value is -2.92. The Bertz CT molecular complexity index is 1300. The molecule has 170 valence electrons. The van der Waals surface area contributed by atoms with E-state index >= 15 is 0 Å². The summed E-state index contributed by atoms with van der Waals surface area (Å²) < 4.78 is 16.2. The third-order valence-electron chi connectivity index (χ3n) is 6.23. The molecule has 0 aliphatic heterocycles. The van der Waals surface area contributed by atoms with Crippen LogP contribution in [0.4, 0.5) is 10.2 Å². The van der Waals surface area contributed by atoms with Gasteiger partial charge in [0, 0.05) is 34.5 Å². The molecular formula is C22H20BrFN6O2S. The number of pyridine rings is 1. The van der Waals surface area contributed by atoms with Gasteiger partial charge in [0.2, 0.25) is 0 Å². The fourth-order valence-electron chi connectivity index (χ4n) is 4.42. The Morgan fingerprint density at radius 2 is 2.00 bits per heavy atom. The Morgan fingerprint density at radius 1 is 1.21 bits per heavy atom. The average molecular weight is 531 g/mol. The average Bonchev–Trinajstić information content (AvgIpc) is 3.51. The molecular weight excluding hydrogens is 511 g/mol. The number of aromatic nitrogens is 5. The lowest BCUT2D eigenvalue weighted by molar-refractivity contribution is -0.145. The number of nitrogen functional groups attached to an aromatic ring is 1. The van der Waals surface area contributed by atoms with Crippen LogP contribution in [0.1, 0.15) is 37.3 Å². The standard InChI is InChI=1S/C22H20BrFN6O2S/c23-17-19(12-3-1-11(2-4-12)18(24)22(31)32)29-21-14(8-28-30(21)20(17)25)13-5-6-15(26-7-13)16-9-33-10-27-16/h5-12,18H,1-4,25H2,(H,31,32)/t11-,12+,18?. The number of nitrogens with zero attached hydrogens (tertiary/aromatic N) is 5. The summed E-state index contributed by atoms with van der Waals surface area (Å²) in [6.45, 7) is 0. The van der Waals surface area contributed by atoms with Gasteiger partial charge in [0.15, 0.2) is 11.8 Å². The Morgan fingerprint density at radius 3 is 2.64 bits per heavy atom. The van der Waals surface area contributed by atoms with Crippen LogP contribution in [0.3, 0.4) is 0 Å². The number of rotatable bonds is 5. The van der Waals surface area contributed by atoms with E-state index in [9.17, 15) is 9.18 Å². The van der Waals surface area contributed by atoms with Crippen molar-refractivity contribution in [1.82, 2.24) is 24.6 Å². The predicted molar refractivity (Wildman–Crippen MR) is 127 cm³/mol. The normalized spacial score (nSPS) is 19.6.